The highest BCUT2D eigenvalue weighted by Crippen LogP contribution is 2.08. The van der Waals surface area contributed by atoms with Crippen molar-refractivity contribution in [3.05, 3.63) is 59.8 Å². The van der Waals surface area contributed by atoms with Gasteiger partial charge in [-0.3, -0.25) is 4.79 Å². The zero-order valence-corrected chi connectivity index (χ0v) is 13.2. The average molecular weight is 297 g/mol. The summed E-state index contributed by atoms with van der Waals surface area (Å²) in [5.41, 5.74) is 1.80. The number of nitrogens with zero attached hydrogens (tertiary/aromatic N) is 1. The van der Waals surface area contributed by atoms with Crippen LogP contribution in [0.5, 0.6) is 0 Å². The first kappa shape index (κ1) is 16.0. The third-order valence-electron chi connectivity index (χ3n) is 3.57. The average Bonchev–Trinajstić information content (AvgIpc) is 2.56. The summed E-state index contributed by atoms with van der Waals surface area (Å²) < 4.78 is 0. The molecule has 0 aliphatic carbocycles. The van der Waals surface area contributed by atoms with Gasteiger partial charge in [-0.15, -0.1) is 0 Å². The van der Waals surface area contributed by atoms with Crippen molar-refractivity contribution in [3.63, 3.8) is 0 Å². The van der Waals surface area contributed by atoms with Gasteiger partial charge in [-0.25, -0.2) is 4.98 Å². The number of carbonyl (C=O) groups is 1. The summed E-state index contributed by atoms with van der Waals surface area (Å²) in [5, 5.41) is 6.20. The number of benzene rings is 1. The molecule has 0 aliphatic heterocycles. The molecule has 0 saturated heterocycles. The summed E-state index contributed by atoms with van der Waals surface area (Å²) >= 11 is 0. The van der Waals surface area contributed by atoms with Gasteiger partial charge in [0.25, 0.3) is 5.91 Å². The molecule has 0 saturated carbocycles. The molecule has 1 atom stereocenters. The highest BCUT2D eigenvalue weighted by molar-refractivity contribution is 5.94. The van der Waals surface area contributed by atoms with Gasteiger partial charge in [0.2, 0.25) is 0 Å². The monoisotopic (exact) mass is 297 g/mol. The fourth-order valence-electron chi connectivity index (χ4n) is 2.04. The predicted molar refractivity (Wildman–Crippen MR) is 90.1 cm³/mol. The molecule has 1 heterocycles. The van der Waals surface area contributed by atoms with Crippen molar-refractivity contribution in [3.8, 4) is 0 Å². The Morgan fingerprint density at radius 2 is 1.95 bits per heavy atom. The quantitative estimate of drug-likeness (QED) is 0.824. The van der Waals surface area contributed by atoms with Crippen molar-refractivity contribution < 1.29 is 4.79 Å². The van der Waals surface area contributed by atoms with Gasteiger partial charge >= 0.3 is 0 Å². The summed E-state index contributed by atoms with van der Waals surface area (Å²) in [6.45, 7) is 4.84. The van der Waals surface area contributed by atoms with Gasteiger partial charge < -0.3 is 10.6 Å². The number of pyridine rings is 1. The van der Waals surface area contributed by atoms with Crippen LogP contribution in [0.3, 0.4) is 0 Å². The minimum absolute atomic E-state index is 0.0847. The van der Waals surface area contributed by atoms with Crippen LogP contribution in [0.25, 0.3) is 0 Å². The molecule has 1 amide bonds. The number of anilines is 1. The van der Waals surface area contributed by atoms with Gasteiger partial charge in [-0.1, -0.05) is 37.3 Å². The van der Waals surface area contributed by atoms with Crippen LogP contribution in [0.2, 0.25) is 0 Å². The van der Waals surface area contributed by atoms with Crippen LogP contribution in [-0.2, 0) is 6.42 Å². The summed E-state index contributed by atoms with van der Waals surface area (Å²) in [6.07, 6.45) is 3.47. The van der Waals surface area contributed by atoms with Crippen LogP contribution < -0.4 is 10.6 Å². The summed E-state index contributed by atoms with van der Waals surface area (Å²) in [5.74, 6) is 0.716. The van der Waals surface area contributed by atoms with Crippen molar-refractivity contribution >= 4 is 11.7 Å². The van der Waals surface area contributed by atoms with Gasteiger partial charge in [0.1, 0.15) is 5.82 Å². The van der Waals surface area contributed by atoms with Crippen molar-refractivity contribution in [2.45, 2.75) is 32.7 Å². The third kappa shape index (κ3) is 4.88. The minimum Gasteiger partial charge on any atom is -0.368 e. The summed E-state index contributed by atoms with van der Waals surface area (Å²) in [6, 6.07) is 14.1. The van der Waals surface area contributed by atoms with E-state index in [1.54, 1.807) is 12.3 Å². The van der Waals surface area contributed by atoms with E-state index in [1.165, 1.54) is 5.56 Å². The Morgan fingerprint density at radius 3 is 2.59 bits per heavy atom. The molecule has 1 aromatic carbocycles. The Bertz CT molecular complexity index is 581. The Balaban J connectivity index is 1.82. The van der Waals surface area contributed by atoms with Crippen LogP contribution in [0, 0.1) is 0 Å². The normalized spacial score (nSPS) is 11.7. The number of nitrogens with one attached hydrogen (secondary N) is 2. The zero-order valence-electron chi connectivity index (χ0n) is 13.2. The highest BCUT2D eigenvalue weighted by atomic mass is 16.1. The highest BCUT2D eigenvalue weighted by Gasteiger charge is 2.06. The molecule has 2 N–H and O–H groups in total. The van der Waals surface area contributed by atoms with Crippen LogP contribution in [0.1, 0.15) is 36.2 Å². The molecule has 2 rings (SSSR count). The van der Waals surface area contributed by atoms with Gasteiger partial charge in [-0.2, -0.15) is 0 Å². The predicted octanol–water partition coefficient (Wildman–Crippen LogP) is 3.26. The number of hydrogen-bond acceptors (Lipinski definition) is 3. The van der Waals surface area contributed by atoms with E-state index in [1.807, 2.05) is 24.3 Å². The Kier molecular flexibility index (Phi) is 5.95. The van der Waals surface area contributed by atoms with Gasteiger partial charge in [-0.05, 0) is 37.5 Å². The fourth-order valence-corrected chi connectivity index (χ4v) is 2.04. The number of aromatic nitrogens is 1. The van der Waals surface area contributed by atoms with E-state index in [9.17, 15) is 4.79 Å². The molecule has 2 aromatic rings. The Labute approximate surface area is 132 Å². The molecule has 0 fully saturated rings. The fraction of sp³-hybridized carbons (Fsp3) is 0.333. The molecule has 1 unspecified atom stereocenters. The lowest BCUT2D eigenvalue weighted by Gasteiger charge is -2.12. The Hall–Kier alpha value is -2.36. The standard InChI is InChI=1S/C18H23N3O/c1-3-14(2)21-17-10-9-16(13-20-17)18(22)19-12-11-15-7-5-4-6-8-15/h4-10,13-14H,3,11-12H2,1-2H3,(H,19,22)(H,20,21). The van der Waals surface area contributed by atoms with Crippen LogP contribution in [0.15, 0.2) is 48.7 Å². The molecule has 0 spiro atoms. The van der Waals surface area contributed by atoms with Crippen LogP contribution >= 0.6 is 0 Å². The molecule has 4 heteroatoms. The van der Waals surface area contributed by atoms with E-state index >= 15 is 0 Å². The molecule has 1 aromatic heterocycles. The smallest absolute Gasteiger partial charge is 0.252 e. The third-order valence-corrected chi connectivity index (χ3v) is 3.57. The molecular formula is C18H23N3O. The van der Waals surface area contributed by atoms with Crippen molar-refractivity contribution in [1.29, 1.82) is 0 Å². The summed E-state index contributed by atoms with van der Waals surface area (Å²) in [7, 11) is 0. The maximum absolute atomic E-state index is 12.1. The van der Waals surface area contributed by atoms with E-state index < -0.39 is 0 Å². The summed E-state index contributed by atoms with van der Waals surface area (Å²) in [4.78, 5) is 16.3. The minimum atomic E-state index is -0.0847. The maximum atomic E-state index is 12.1. The van der Waals surface area contributed by atoms with Crippen molar-refractivity contribution in [2.24, 2.45) is 0 Å². The van der Waals surface area contributed by atoms with Gasteiger partial charge in [0.15, 0.2) is 0 Å². The number of hydrogen-bond donors (Lipinski definition) is 2. The zero-order chi connectivity index (χ0) is 15.8. The molecule has 116 valence electrons. The Morgan fingerprint density at radius 1 is 1.18 bits per heavy atom. The lowest BCUT2D eigenvalue weighted by molar-refractivity contribution is 0.0954. The second-order valence-electron chi connectivity index (χ2n) is 5.38. The van der Waals surface area contributed by atoms with Gasteiger partial charge in [0.05, 0.1) is 5.56 Å². The second kappa shape index (κ2) is 8.17. The molecule has 0 aliphatic rings. The molecule has 22 heavy (non-hydrogen) atoms. The van der Waals surface area contributed by atoms with E-state index in [2.05, 4.69) is 41.6 Å². The first-order valence-corrected chi connectivity index (χ1v) is 7.73. The van der Waals surface area contributed by atoms with E-state index in [-0.39, 0.29) is 5.91 Å². The van der Waals surface area contributed by atoms with Crippen LogP contribution in [-0.4, -0.2) is 23.5 Å². The van der Waals surface area contributed by atoms with Crippen molar-refractivity contribution in [1.82, 2.24) is 10.3 Å². The number of amides is 1. The van der Waals surface area contributed by atoms with Crippen molar-refractivity contribution in [2.75, 3.05) is 11.9 Å². The van der Waals surface area contributed by atoms with Crippen LogP contribution in [0.4, 0.5) is 5.82 Å². The SMILES string of the molecule is CCC(C)Nc1ccc(C(=O)NCCc2ccccc2)cn1. The lowest BCUT2D eigenvalue weighted by atomic mass is 10.1. The topological polar surface area (TPSA) is 54.0 Å². The first-order chi connectivity index (χ1) is 10.7. The largest absolute Gasteiger partial charge is 0.368 e. The number of rotatable bonds is 7. The van der Waals surface area contributed by atoms with E-state index in [0.717, 1.165) is 18.7 Å². The maximum Gasteiger partial charge on any atom is 0.252 e. The molecule has 4 nitrogen and oxygen atoms in total. The first-order valence-electron chi connectivity index (χ1n) is 7.73. The second-order valence-corrected chi connectivity index (χ2v) is 5.38. The van der Waals surface area contributed by atoms with E-state index in [4.69, 9.17) is 0 Å². The molecular weight excluding hydrogens is 274 g/mol. The van der Waals surface area contributed by atoms with E-state index in [0.29, 0.717) is 18.2 Å². The number of carbonyl (C=O) groups excluding carboxylic acids is 1. The van der Waals surface area contributed by atoms with Gasteiger partial charge in [0, 0.05) is 18.8 Å². The lowest BCUT2D eigenvalue weighted by Crippen LogP contribution is -2.25. The molecule has 0 bridgehead atoms. The molecule has 0 radical (unpaired) electrons.